The molecule has 1 atom stereocenters. The lowest BCUT2D eigenvalue weighted by atomic mass is 10.3. The molecule has 0 aliphatic rings. The molecule has 0 spiro atoms. The number of rotatable bonds is 11. The van der Waals surface area contributed by atoms with E-state index in [2.05, 4.69) is 17.2 Å². The van der Waals surface area contributed by atoms with E-state index in [1.807, 2.05) is 30.3 Å². The zero-order valence-electron chi connectivity index (χ0n) is 16.4. The van der Waals surface area contributed by atoms with Gasteiger partial charge in [0, 0.05) is 33.2 Å². The number of para-hydroxylation sites is 1. The minimum Gasteiger partial charge on any atom is -0.491 e. The first-order chi connectivity index (χ1) is 13.5. The molecule has 8 nitrogen and oxygen atoms in total. The summed E-state index contributed by atoms with van der Waals surface area (Å²) in [6, 6.07) is 9.31. The molecule has 0 bridgehead atoms. The normalized spacial score (nSPS) is 11.8. The fourth-order valence-electron chi connectivity index (χ4n) is 2.77. The number of anilines is 1. The largest absolute Gasteiger partial charge is 0.491 e. The lowest BCUT2D eigenvalue weighted by Crippen LogP contribution is -2.41. The topological polar surface area (TPSA) is 97.5 Å². The van der Waals surface area contributed by atoms with Crippen molar-refractivity contribution in [1.29, 1.82) is 0 Å². The van der Waals surface area contributed by atoms with Crippen molar-refractivity contribution in [3.05, 3.63) is 69.4 Å². The molecule has 0 amide bonds. The van der Waals surface area contributed by atoms with Crippen molar-refractivity contribution in [2.45, 2.75) is 19.6 Å². The second-order valence-electron chi connectivity index (χ2n) is 6.43. The van der Waals surface area contributed by atoms with Gasteiger partial charge in [-0.25, -0.2) is 4.79 Å². The second-order valence-corrected chi connectivity index (χ2v) is 6.43. The van der Waals surface area contributed by atoms with E-state index < -0.39 is 6.10 Å². The second kappa shape index (κ2) is 10.5. The van der Waals surface area contributed by atoms with Gasteiger partial charge in [-0.1, -0.05) is 24.3 Å². The molecule has 0 fully saturated rings. The van der Waals surface area contributed by atoms with Gasteiger partial charge in [-0.3, -0.25) is 13.9 Å². The van der Waals surface area contributed by atoms with Gasteiger partial charge in [-0.15, -0.1) is 6.58 Å². The summed E-state index contributed by atoms with van der Waals surface area (Å²) >= 11 is 0. The highest BCUT2D eigenvalue weighted by molar-refractivity contribution is 5.42. The van der Waals surface area contributed by atoms with E-state index in [1.165, 1.54) is 10.6 Å². The number of benzene rings is 1. The summed E-state index contributed by atoms with van der Waals surface area (Å²) < 4.78 is 8.06. The Morgan fingerprint density at radius 2 is 1.96 bits per heavy atom. The van der Waals surface area contributed by atoms with Gasteiger partial charge in [-0.2, -0.15) is 0 Å². The van der Waals surface area contributed by atoms with E-state index in [4.69, 9.17) is 4.74 Å². The van der Waals surface area contributed by atoms with Crippen molar-refractivity contribution >= 4 is 5.82 Å². The third kappa shape index (κ3) is 5.58. The van der Waals surface area contributed by atoms with Gasteiger partial charge in [0.2, 0.25) is 0 Å². The minimum absolute atomic E-state index is 0.178. The van der Waals surface area contributed by atoms with E-state index in [9.17, 15) is 14.7 Å². The Kier molecular flexibility index (Phi) is 8.03. The number of aromatic nitrogens is 2. The van der Waals surface area contributed by atoms with Gasteiger partial charge in [0.15, 0.2) is 0 Å². The summed E-state index contributed by atoms with van der Waals surface area (Å²) in [5.74, 6) is 1.20. The monoisotopic (exact) mass is 388 g/mol. The lowest BCUT2D eigenvalue weighted by Gasteiger charge is -2.17. The highest BCUT2D eigenvalue weighted by Gasteiger charge is 2.13. The third-order valence-corrected chi connectivity index (χ3v) is 4.25. The Bertz CT molecular complexity index is 852. The minimum atomic E-state index is -0.644. The van der Waals surface area contributed by atoms with Gasteiger partial charge in [0.05, 0.1) is 5.56 Å². The zero-order chi connectivity index (χ0) is 20.5. The first kappa shape index (κ1) is 21.5. The molecule has 3 N–H and O–H groups in total. The van der Waals surface area contributed by atoms with Crippen LogP contribution in [0.15, 0.2) is 52.6 Å². The van der Waals surface area contributed by atoms with Crippen LogP contribution in [0.4, 0.5) is 5.82 Å². The van der Waals surface area contributed by atoms with Gasteiger partial charge in [0.1, 0.15) is 24.3 Å². The Labute approximate surface area is 164 Å². The van der Waals surface area contributed by atoms with Crippen molar-refractivity contribution < 1.29 is 9.84 Å². The molecule has 1 aromatic carbocycles. The number of hydrogen-bond acceptors (Lipinski definition) is 6. The van der Waals surface area contributed by atoms with Crippen LogP contribution in [-0.4, -0.2) is 46.6 Å². The molecule has 0 aliphatic heterocycles. The van der Waals surface area contributed by atoms with Crippen LogP contribution < -0.4 is 26.6 Å². The predicted molar refractivity (Wildman–Crippen MR) is 110 cm³/mol. The highest BCUT2D eigenvalue weighted by atomic mass is 16.5. The first-order valence-corrected chi connectivity index (χ1v) is 9.17. The average molecular weight is 388 g/mol. The molecule has 28 heavy (non-hydrogen) atoms. The third-order valence-electron chi connectivity index (χ3n) is 4.25. The first-order valence-electron chi connectivity index (χ1n) is 9.17. The SMILES string of the molecule is C=CCn1c(=O)c(C)c(NCCNCC(O)COc2ccccc2)n(C)c1=O. The van der Waals surface area contributed by atoms with Crippen LogP contribution in [0.3, 0.4) is 0 Å². The molecule has 1 heterocycles. The van der Waals surface area contributed by atoms with E-state index in [1.54, 1.807) is 14.0 Å². The molecule has 2 rings (SSSR count). The quantitative estimate of drug-likeness (QED) is 0.383. The lowest BCUT2D eigenvalue weighted by molar-refractivity contribution is 0.107. The maximum absolute atomic E-state index is 12.3. The van der Waals surface area contributed by atoms with Crippen molar-refractivity contribution in [3.8, 4) is 5.75 Å². The van der Waals surface area contributed by atoms with Crippen LogP contribution in [0.25, 0.3) is 0 Å². The van der Waals surface area contributed by atoms with Crippen molar-refractivity contribution in [3.63, 3.8) is 0 Å². The number of aliphatic hydroxyl groups excluding tert-OH is 1. The Morgan fingerprint density at radius 3 is 2.64 bits per heavy atom. The van der Waals surface area contributed by atoms with Crippen LogP contribution >= 0.6 is 0 Å². The van der Waals surface area contributed by atoms with Crippen LogP contribution in [0.5, 0.6) is 5.75 Å². The fourth-order valence-corrected chi connectivity index (χ4v) is 2.77. The summed E-state index contributed by atoms with van der Waals surface area (Å²) in [6.45, 7) is 7.03. The van der Waals surface area contributed by atoms with E-state index in [-0.39, 0.29) is 24.4 Å². The van der Waals surface area contributed by atoms with Gasteiger partial charge in [-0.05, 0) is 19.1 Å². The number of nitrogens with zero attached hydrogens (tertiary/aromatic N) is 2. The molecule has 0 saturated carbocycles. The highest BCUT2D eigenvalue weighted by Crippen LogP contribution is 2.08. The maximum Gasteiger partial charge on any atom is 0.332 e. The molecular formula is C20H28N4O4. The summed E-state index contributed by atoms with van der Waals surface area (Å²) in [7, 11) is 1.62. The summed E-state index contributed by atoms with van der Waals surface area (Å²) in [5.41, 5.74) is -0.244. The molecule has 0 saturated heterocycles. The molecule has 8 heteroatoms. The fraction of sp³-hybridized carbons (Fsp3) is 0.400. The molecular weight excluding hydrogens is 360 g/mol. The van der Waals surface area contributed by atoms with E-state index >= 15 is 0 Å². The smallest absolute Gasteiger partial charge is 0.332 e. The van der Waals surface area contributed by atoms with Crippen LogP contribution in [0.1, 0.15) is 5.56 Å². The van der Waals surface area contributed by atoms with Crippen molar-refractivity contribution in [2.24, 2.45) is 7.05 Å². The summed E-state index contributed by atoms with van der Waals surface area (Å²) in [5, 5.41) is 16.2. The Morgan fingerprint density at radius 1 is 1.25 bits per heavy atom. The van der Waals surface area contributed by atoms with E-state index in [0.717, 1.165) is 4.57 Å². The molecule has 2 aromatic rings. The maximum atomic E-state index is 12.3. The van der Waals surface area contributed by atoms with E-state index in [0.29, 0.717) is 36.8 Å². The molecule has 1 unspecified atom stereocenters. The molecule has 152 valence electrons. The summed E-state index contributed by atoms with van der Waals surface area (Å²) in [6.07, 6.45) is 0.876. The van der Waals surface area contributed by atoms with Gasteiger partial charge in [0.25, 0.3) is 5.56 Å². The number of allylic oxidation sites excluding steroid dienone is 1. The van der Waals surface area contributed by atoms with Crippen LogP contribution in [0.2, 0.25) is 0 Å². The molecule has 0 radical (unpaired) electrons. The Hall–Kier alpha value is -2.84. The van der Waals surface area contributed by atoms with Crippen LogP contribution in [-0.2, 0) is 13.6 Å². The van der Waals surface area contributed by atoms with Crippen molar-refractivity contribution in [2.75, 3.05) is 31.6 Å². The van der Waals surface area contributed by atoms with Crippen LogP contribution in [0, 0.1) is 6.92 Å². The summed E-state index contributed by atoms with van der Waals surface area (Å²) in [4.78, 5) is 24.6. The van der Waals surface area contributed by atoms with Crippen molar-refractivity contribution in [1.82, 2.24) is 14.5 Å². The average Bonchev–Trinajstić information content (AvgIpc) is 2.71. The predicted octanol–water partition coefficient (Wildman–Crippen LogP) is 0.483. The number of ether oxygens (including phenoxy) is 1. The Balaban J connectivity index is 1.80. The zero-order valence-corrected chi connectivity index (χ0v) is 16.4. The van der Waals surface area contributed by atoms with Gasteiger partial charge >= 0.3 is 5.69 Å². The van der Waals surface area contributed by atoms with Gasteiger partial charge < -0.3 is 20.5 Å². The number of hydrogen-bond donors (Lipinski definition) is 3. The standard InChI is InChI=1S/C20H28N4O4/c1-4-12-24-19(26)15(2)18(23(3)20(24)27)22-11-10-21-13-16(25)14-28-17-8-6-5-7-9-17/h4-9,16,21-22,25H,1,10-14H2,2-3H3. The number of aliphatic hydroxyl groups is 1. The number of nitrogens with one attached hydrogen (secondary N) is 2. The molecule has 1 aromatic heterocycles. The molecule has 0 aliphatic carbocycles.